The quantitative estimate of drug-likeness (QED) is 0.631. The molecule has 0 radical (unpaired) electrons. The van der Waals surface area contributed by atoms with Crippen LogP contribution >= 0.6 is 0 Å². The van der Waals surface area contributed by atoms with E-state index >= 15 is 0 Å². The molecular weight excluding hydrogens is 164 g/mol. The van der Waals surface area contributed by atoms with Crippen LogP contribution < -0.4 is 5.32 Å². The lowest BCUT2D eigenvalue weighted by Gasteiger charge is -2.28. The van der Waals surface area contributed by atoms with E-state index in [0.717, 1.165) is 13.1 Å². The Morgan fingerprint density at radius 1 is 1.54 bits per heavy atom. The van der Waals surface area contributed by atoms with Gasteiger partial charge in [0.25, 0.3) is 0 Å². The zero-order valence-electron chi connectivity index (χ0n) is 8.42. The Labute approximate surface area is 79.5 Å². The van der Waals surface area contributed by atoms with Gasteiger partial charge in [-0.15, -0.1) is 0 Å². The normalized spacial score (nSPS) is 40.3. The minimum absolute atomic E-state index is 0.179. The number of hydrogen-bond acceptors (Lipinski definition) is 3. The minimum atomic E-state index is 0.179. The summed E-state index contributed by atoms with van der Waals surface area (Å²) in [5.41, 5.74) is 0. The van der Waals surface area contributed by atoms with E-state index in [9.17, 15) is 4.79 Å². The molecule has 74 valence electrons. The molecule has 2 rings (SSSR count). The monoisotopic (exact) mass is 182 g/mol. The first-order valence-electron chi connectivity index (χ1n) is 5.14. The highest BCUT2D eigenvalue weighted by molar-refractivity contribution is 5.82. The maximum absolute atomic E-state index is 11.4. The van der Waals surface area contributed by atoms with Gasteiger partial charge in [-0.1, -0.05) is 0 Å². The van der Waals surface area contributed by atoms with Crippen molar-refractivity contribution >= 4 is 5.78 Å². The molecule has 2 heterocycles. The van der Waals surface area contributed by atoms with Crippen molar-refractivity contribution < 1.29 is 4.79 Å². The van der Waals surface area contributed by atoms with E-state index in [4.69, 9.17) is 0 Å². The zero-order chi connectivity index (χ0) is 9.42. The van der Waals surface area contributed by atoms with Crippen molar-refractivity contribution in [1.82, 2.24) is 10.2 Å². The summed E-state index contributed by atoms with van der Waals surface area (Å²) in [6.45, 7) is 3.88. The summed E-state index contributed by atoms with van der Waals surface area (Å²) in [6, 6.07) is 0.741. The van der Waals surface area contributed by atoms with Gasteiger partial charge in [0.2, 0.25) is 0 Å². The molecule has 2 aliphatic rings. The van der Waals surface area contributed by atoms with Gasteiger partial charge in [0.05, 0.1) is 6.04 Å². The van der Waals surface area contributed by atoms with Gasteiger partial charge in [-0.05, 0) is 39.3 Å². The van der Waals surface area contributed by atoms with Crippen molar-refractivity contribution in [2.24, 2.45) is 5.92 Å². The first-order chi connectivity index (χ1) is 6.20. The topological polar surface area (TPSA) is 32.3 Å². The first kappa shape index (κ1) is 9.16. The van der Waals surface area contributed by atoms with Crippen LogP contribution in [0.3, 0.4) is 0 Å². The van der Waals surface area contributed by atoms with Gasteiger partial charge in [0, 0.05) is 12.6 Å². The smallest absolute Gasteiger partial charge is 0.147 e. The number of hydrogen-bond donors (Lipinski definition) is 1. The van der Waals surface area contributed by atoms with Gasteiger partial charge in [0.1, 0.15) is 5.78 Å². The number of ketones is 1. The number of likely N-dealkylation sites (tertiary alicyclic amines) is 1. The minimum Gasteiger partial charge on any atom is -0.312 e. The Kier molecular flexibility index (Phi) is 2.39. The predicted molar refractivity (Wildman–Crippen MR) is 51.6 cm³/mol. The fourth-order valence-corrected chi connectivity index (χ4v) is 2.92. The fraction of sp³-hybridized carbons (Fsp3) is 0.900. The summed E-state index contributed by atoms with van der Waals surface area (Å²) >= 11 is 0. The van der Waals surface area contributed by atoms with Gasteiger partial charge in [0.15, 0.2) is 0 Å². The molecule has 0 saturated carbocycles. The van der Waals surface area contributed by atoms with E-state index in [2.05, 4.69) is 17.3 Å². The predicted octanol–water partition coefficient (Wildman–Crippen LogP) is 0.258. The maximum Gasteiger partial charge on any atom is 0.147 e. The lowest BCUT2D eigenvalue weighted by atomic mass is 9.87. The van der Waals surface area contributed by atoms with Crippen molar-refractivity contribution in [2.75, 3.05) is 20.1 Å². The average Bonchev–Trinajstić information content (AvgIpc) is 2.39. The number of rotatable bonds is 1. The number of piperidine rings is 1. The second-order valence-corrected chi connectivity index (χ2v) is 4.36. The second-order valence-electron chi connectivity index (χ2n) is 4.36. The summed E-state index contributed by atoms with van der Waals surface area (Å²) in [4.78, 5) is 13.6. The van der Waals surface area contributed by atoms with Gasteiger partial charge in [-0.3, -0.25) is 9.69 Å². The number of nitrogens with zero attached hydrogens (tertiary/aromatic N) is 1. The second kappa shape index (κ2) is 3.39. The van der Waals surface area contributed by atoms with E-state index in [1.807, 2.05) is 0 Å². The fourth-order valence-electron chi connectivity index (χ4n) is 2.92. The Morgan fingerprint density at radius 3 is 3.00 bits per heavy atom. The molecular formula is C10H18N2O. The summed E-state index contributed by atoms with van der Waals surface area (Å²) in [6.07, 6.45) is 2.44. The van der Waals surface area contributed by atoms with Crippen LogP contribution in [0.15, 0.2) is 0 Å². The molecule has 0 aromatic rings. The van der Waals surface area contributed by atoms with Crippen LogP contribution in [-0.4, -0.2) is 42.9 Å². The number of Topliss-reactive ketones (excluding diaryl/α,β-unsaturated/α-hetero) is 1. The van der Waals surface area contributed by atoms with Crippen LogP contribution in [0.5, 0.6) is 0 Å². The van der Waals surface area contributed by atoms with Gasteiger partial charge in [-0.2, -0.15) is 0 Å². The largest absolute Gasteiger partial charge is 0.312 e. The SMILES string of the molecule is CC(=O)C1C2CCCNC2CN1C. The standard InChI is InChI=1S/C10H18N2O/c1-7(13)10-8-4-3-5-11-9(8)6-12(10)2/h8-11H,3-6H2,1-2H3. The van der Waals surface area contributed by atoms with Crippen molar-refractivity contribution in [2.45, 2.75) is 31.8 Å². The Morgan fingerprint density at radius 2 is 2.31 bits per heavy atom. The molecule has 0 amide bonds. The molecule has 13 heavy (non-hydrogen) atoms. The van der Waals surface area contributed by atoms with Crippen LogP contribution in [-0.2, 0) is 4.79 Å². The highest BCUT2D eigenvalue weighted by Gasteiger charge is 2.42. The van der Waals surface area contributed by atoms with E-state index < -0.39 is 0 Å². The molecule has 2 aliphatic heterocycles. The number of likely N-dealkylation sites (N-methyl/N-ethyl adjacent to an activating group) is 1. The van der Waals surface area contributed by atoms with E-state index in [0.29, 0.717) is 17.7 Å². The zero-order valence-corrected chi connectivity index (χ0v) is 8.42. The molecule has 0 aromatic heterocycles. The Hall–Kier alpha value is -0.410. The number of fused-ring (bicyclic) bond motifs is 1. The molecule has 0 bridgehead atoms. The van der Waals surface area contributed by atoms with Crippen molar-refractivity contribution in [3.8, 4) is 0 Å². The molecule has 3 heteroatoms. The molecule has 3 unspecified atom stereocenters. The van der Waals surface area contributed by atoms with Gasteiger partial charge in [-0.25, -0.2) is 0 Å². The number of nitrogens with one attached hydrogen (secondary N) is 1. The summed E-state index contributed by atoms with van der Waals surface area (Å²) in [5.74, 6) is 0.898. The number of carbonyl (C=O) groups excluding carboxylic acids is 1. The van der Waals surface area contributed by atoms with Crippen LogP contribution in [0.2, 0.25) is 0 Å². The third kappa shape index (κ3) is 1.51. The Balaban J connectivity index is 2.13. The molecule has 0 aliphatic carbocycles. The third-order valence-corrected chi connectivity index (χ3v) is 3.42. The van der Waals surface area contributed by atoms with Crippen LogP contribution in [0.25, 0.3) is 0 Å². The van der Waals surface area contributed by atoms with Crippen molar-refractivity contribution in [1.29, 1.82) is 0 Å². The molecule has 2 saturated heterocycles. The summed E-state index contributed by atoms with van der Waals surface area (Å²) in [7, 11) is 2.06. The molecule has 1 N–H and O–H groups in total. The molecule has 0 spiro atoms. The van der Waals surface area contributed by atoms with E-state index in [1.54, 1.807) is 6.92 Å². The molecule has 2 fully saturated rings. The summed E-state index contributed by atoms with van der Waals surface area (Å²) < 4.78 is 0. The molecule has 0 aromatic carbocycles. The maximum atomic E-state index is 11.4. The van der Waals surface area contributed by atoms with Crippen molar-refractivity contribution in [3.63, 3.8) is 0 Å². The first-order valence-corrected chi connectivity index (χ1v) is 5.14. The van der Waals surface area contributed by atoms with Crippen LogP contribution in [0.4, 0.5) is 0 Å². The van der Waals surface area contributed by atoms with Gasteiger partial charge < -0.3 is 5.32 Å². The highest BCUT2D eigenvalue weighted by Crippen LogP contribution is 2.30. The van der Waals surface area contributed by atoms with Gasteiger partial charge >= 0.3 is 0 Å². The highest BCUT2D eigenvalue weighted by atomic mass is 16.1. The molecule has 3 atom stereocenters. The van der Waals surface area contributed by atoms with Crippen LogP contribution in [0.1, 0.15) is 19.8 Å². The van der Waals surface area contributed by atoms with E-state index in [-0.39, 0.29) is 6.04 Å². The third-order valence-electron chi connectivity index (χ3n) is 3.42. The Bertz CT molecular complexity index is 217. The molecule has 3 nitrogen and oxygen atoms in total. The van der Waals surface area contributed by atoms with E-state index in [1.165, 1.54) is 12.8 Å². The lowest BCUT2D eigenvalue weighted by molar-refractivity contribution is -0.122. The average molecular weight is 182 g/mol. The lowest BCUT2D eigenvalue weighted by Crippen LogP contribution is -2.43. The number of carbonyl (C=O) groups is 1. The van der Waals surface area contributed by atoms with Crippen molar-refractivity contribution in [3.05, 3.63) is 0 Å². The summed E-state index contributed by atoms with van der Waals surface area (Å²) in [5, 5.41) is 3.50. The van der Waals surface area contributed by atoms with Crippen LogP contribution in [0, 0.1) is 5.92 Å².